The second kappa shape index (κ2) is 8.61. The van der Waals surface area contributed by atoms with Gasteiger partial charge in [-0.1, -0.05) is 30.3 Å². The summed E-state index contributed by atoms with van der Waals surface area (Å²) in [5.41, 5.74) is 1.17. The quantitative estimate of drug-likeness (QED) is 0.722. The Morgan fingerprint density at radius 1 is 1.06 bits per heavy atom. The van der Waals surface area contributed by atoms with Gasteiger partial charge in [-0.3, -0.25) is 9.69 Å². The Bertz CT molecular complexity index is 913. The van der Waals surface area contributed by atoms with E-state index < -0.39 is 17.3 Å². The van der Waals surface area contributed by atoms with Gasteiger partial charge in [0.05, 0.1) is 18.8 Å². The number of methoxy groups -OCH3 is 1. The molecular weight excluding hydrogens is 409 g/mol. The predicted octanol–water partition coefficient (Wildman–Crippen LogP) is 3.54. The number of halogens is 3. The van der Waals surface area contributed by atoms with Gasteiger partial charge in [0, 0.05) is 45.4 Å². The molecule has 2 fully saturated rings. The summed E-state index contributed by atoms with van der Waals surface area (Å²) in [5, 5.41) is 0. The van der Waals surface area contributed by atoms with Crippen molar-refractivity contribution in [3.63, 3.8) is 0 Å². The van der Waals surface area contributed by atoms with Gasteiger partial charge < -0.3 is 14.4 Å². The lowest BCUT2D eigenvalue weighted by molar-refractivity contribution is -0.202. The molecule has 2 heterocycles. The molecule has 4 rings (SSSR count). The predicted molar refractivity (Wildman–Crippen MR) is 109 cm³/mol. The molecule has 0 aliphatic carbocycles. The molecule has 0 spiro atoms. The molecule has 2 aromatic rings. The number of benzene rings is 2. The average molecular weight is 434 g/mol. The maximum Gasteiger partial charge on any atom is 0.416 e. The van der Waals surface area contributed by atoms with Crippen LogP contribution in [0.5, 0.6) is 0 Å². The molecular formula is C23H25F3N2O3. The molecule has 0 atom stereocenters. The molecule has 2 saturated heterocycles. The summed E-state index contributed by atoms with van der Waals surface area (Å²) in [4.78, 5) is 16.7. The summed E-state index contributed by atoms with van der Waals surface area (Å²) in [6, 6.07) is 12.8. The molecule has 2 aliphatic heterocycles. The SMILES string of the molecule is COC1(c2ccc(C(=O)N3CCN(Cc4cccc(C(F)(F)F)c4)CC3)cc2)COC1. The Labute approximate surface area is 179 Å². The summed E-state index contributed by atoms with van der Waals surface area (Å²) < 4.78 is 49.6. The number of hydrogen-bond donors (Lipinski definition) is 0. The second-order valence-corrected chi connectivity index (χ2v) is 8.04. The largest absolute Gasteiger partial charge is 0.416 e. The van der Waals surface area contributed by atoms with Crippen molar-refractivity contribution >= 4 is 5.91 Å². The third-order valence-corrected chi connectivity index (χ3v) is 6.04. The highest BCUT2D eigenvalue weighted by molar-refractivity contribution is 5.94. The number of rotatable bonds is 5. The van der Waals surface area contributed by atoms with Gasteiger partial charge >= 0.3 is 6.18 Å². The first-order chi connectivity index (χ1) is 14.8. The number of nitrogens with zero attached hydrogens (tertiary/aromatic N) is 2. The maximum absolute atomic E-state index is 12.9. The first-order valence-electron chi connectivity index (χ1n) is 10.2. The fraction of sp³-hybridized carbons (Fsp3) is 0.435. The van der Waals surface area contributed by atoms with Crippen molar-refractivity contribution in [2.45, 2.75) is 18.3 Å². The topological polar surface area (TPSA) is 42.0 Å². The third-order valence-electron chi connectivity index (χ3n) is 6.04. The number of carbonyl (C=O) groups excluding carboxylic acids is 1. The molecule has 2 aromatic carbocycles. The normalized spacial score (nSPS) is 19.2. The van der Waals surface area contributed by atoms with E-state index in [4.69, 9.17) is 9.47 Å². The van der Waals surface area contributed by atoms with Crippen LogP contribution >= 0.6 is 0 Å². The van der Waals surface area contributed by atoms with Crippen LogP contribution in [0.2, 0.25) is 0 Å². The first-order valence-corrected chi connectivity index (χ1v) is 10.2. The first kappa shape index (κ1) is 21.8. The molecule has 0 unspecified atom stereocenters. The van der Waals surface area contributed by atoms with Crippen LogP contribution in [-0.4, -0.2) is 62.2 Å². The fourth-order valence-electron chi connectivity index (χ4n) is 4.00. The maximum atomic E-state index is 12.9. The van der Waals surface area contributed by atoms with Gasteiger partial charge in [-0.2, -0.15) is 13.2 Å². The van der Waals surface area contributed by atoms with E-state index in [1.807, 2.05) is 24.3 Å². The van der Waals surface area contributed by atoms with E-state index in [0.29, 0.717) is 57.1 Å². The van der Waals surface area contributed by atoms with Gasteiger partial charge in [0.15, 0.2) is 0 Å². The molecule has 1 amide bonds. The van der Waals surface area contributed by atoms with E-state index in [-0.39, 0.29) is 5.91 Å². The van der Waals surface area contributed by atoms with E-state index in [1.165, 1.54) is 12.1 Å². The van der Waals surface area contributed by atoms with Crippen molar-refractivity contribution in [2.75, 3.05) is 46.5 Å². The van der Waals surface area contributed by atoms with Crippen molar-refractivity contribution in [3.8, 4) is 0 Å². The summed E-state index contributed by atoms with van der Waals surface area (Å²) >= 11 is 0. The summed E-state index contributed by atoms with van der Waals surface area (Å²) in [6.07, 6.45) is -4.34. The van der Waals surface area contributed by atoms with E-state index in [1.54, 1.807) is 18.1 Å². The molecule has 31 heavy (non-hydrogen) atoms. The van der Waals surface area contributed by atoms with E-state index >= 15 is 0 Å². The lowest BCUT2D eigenvalue weighted by Crippen LogP contribution is -2.48. The third kappa shape index (κ3) is 4.61. The minimum Gasteiger partial charge on any atom is -0.375 e. The van der Waals surface area contributed by atoms with Crippen molar-refractivity contribution in [1.82, 2.24) is 9.80 Å². The van der Waals surface area contributed by atoms with Crippen LogP contribution in [0, 0.1) is 0 Å². The van der Waals surface area contributed by atoms with Crippen LogP contribution < -0.4 is 0 Å². The van der Waals surface area contributed by atoms with Crippen LogP contribution in [0.15, 0.2) is 48.5 Å². The zero-order valence-electron chi connectivity index (χ0n) is 17.3. The van der Waals surface area contributed by atoms with Gasteiger partial charge in [-0.05, 0) is 29.3 Å². The molecule has 0 N–H and O–H groups in total. The highest BCUT2D eigenvalue weighted by Gasteiger charge is 2.40. The molecule has 8 heteroatoms. The van der Waals surface area contributed by atoms with E-state index in [2.05, 4.69) is 4.90 Å². The monoisotopic (exact) mass is 434 g/mol. The van der Waals surface area contributed by atoms with Crippen LogP contribution in [-0.2, 0) is 27.8 Å². The van der Waals surface area contributed by atoms with E-state index in [0.717, 1.165) is 11.6 Å². The van der Waals surface area contributed by atoms with E-state index in [9.17, 15) is 18.0 Å². The molecule has 0 saturated carbocycles. The van der Waals surface area contributed by atoms with Crippen LogP contribution in [0.3, 0.4) is 0 Å². The lowest BCUT2D eigenvalue weighted by Gasteiger charge is -2.40. The molecule has 166 valence electrons. The van der Waals surface area contributed by atoms with Crippen LogP contribution in [0.4, 0.5) is 13.2 Å². The number of alkyl halides is 3. The Morgan fingerprint density at radius 2 is 1.74 bits per heavy atom. The zero-order chi connectivity index (χ0) is 22.1. The summed E-state index contributed by atoms with van der Waals surface area (Å²) in [7, 11) is 1.65. The number of carbonyl (C=O) groups is 1. The lowest BCUT2D eigenvalue weighted by atomic mass is 9.91. The summed E-state index contributed by atoms with van der Waals surface area (Å²) in [6.45, 7) is 3.75. The van der Waals surface area contributed by atoms with Crippen molar-refractivity contribution in [2.24, 2.45) is 0 Å². The van der Waals surface area contributed by atoms with Crippen LogP contribution in [0.1, 0.15) is 27.0 Å². The number of ether oxygens (including phenoxy) is 2. The standard InChI is InChI=1S/C23H25F3N2O3/c1-30-22(15-31-16-22)19-7-5-18(6-8-19)21(29)28-11-9-27(10-12-28)14-17-3-2-4-20(13-17)23(24,25)26/h2-8,13H,9-12,14-16H2,1H3. The Hall–Kier alpha value is -2.42. The molecule has 5 nitrogen and oxygen atoms in total. The Kier molecular flexibility index (Phi) is 6.05. The minimum absolute atomic E-state index is 0.0402. The van der Waals surface area contributed by atoms with Gasteiger partial charge in [0.1, 0.15) is 5.60 Å². The van der Waals surface area contributed by atoms with Crippen LogP contribution in [0.25, 0.3) is 0 Å². The second-order valence-electron chi connectivity index (χ2n) is 8.04. The minimum atomic E-state index is -4.34. The smallest absolute Gasteiger partial charge is 0.375 e. The highest BCUT2D eigenvalue weighted by Crippen LogP contribution is 2.33. The van der Waals surface area contributed by atoms with Crippen molar-refractivity contribution < 1.29 is 27.4 Å². The highest BCUT2D eigenvalue weighted by atomic mass is 19.4. The number of piperazine rings is 1. The molecule has 0 radical (unpaired) electrons. The summed E-state index contributed by atoms with van der Waals surface area (Å²) in [5.74, 6) is -0.0402. The number of hydrogen-bond acceptors (Lipinski definition) is 4. The Balaban J connectivity index is 1.33. The van der Waals surface area contributed by atoms with Gasteiger partial charge in [-0.25, -0.2) is 0 Å². The molecule has 0 bridgehead atoms. The average Bonchev–Trinajstić information content (AvgIpc) is 2.74. The fourth-order valence-corrected chi connectivity index (χ4v) is 4.00. The van der Waals surface area contributed by atoms with Crippen molar-refractivity contribution in [1.29, 1.82) is 0 Å². The molecule has 0 aromatic heterocycles. The zero-order valence-corrected chi connectivity index (χ0v) is 17.3. The molecule has 2 aliphatic rings. The number of amides is 1. The van der Waals surface area contributed by atoms with Gasteiger partial charge in [0.2, 0.25) is 0 Å². The van der Waals surface area contributed by atoms with Gasteiger partial charge in [-0.15, -0.1) is 0 Å². The van der Waals surface area contributed by atoms with Crippen molar-refractivity contribution in [3.05, 3.63) is 70.8 Å². The van der Waals surface area contributed by atoms with Gasteiger partial charge in [0.25, 0.3) is 5.91 Å². The Morgan fingerprint density at radius 3 is 2.29 bits per heavy atom.